The number of fused-ring (bicyclic) bond motifs is 1. The molecule has 1 atom stereocenters. The van der Waals surface area contributed by atoms with E-state index in [1.54, 1.807) is 0 Å². The van der Waals surface area contributed by atoms with E-state index in [-0.39, 0.29) is 0 Å². The first-order chi connectivity index (χ1) is 7.66. The molecule has 0 aliphatic carbocycles. The van der Waals surface area contributed by atoms with Gasteiger partial charge in [0.05, 0.1) is 5.69 Å². The fourth-order valence-electron chi connectivity index (χ4n) is 2.00. The molecule has 16 heavy (non-hydrogen) atoms. The van der Waals surface area contributed by atoms with Crippen molar-refractivity contribution in [3.63, 3.8) is 0 Å². The Balaban J connectivity index is 2.34. The lowest BCUT2D eigenvalue weighted by molar-refractivity contribution is 0.542. The lowest BCUT2D eigenvalue weighted by Crippen LogP contribution is -2.06. The van der Waals surface area contributed by atoms with Crippen molar-refractivity contribution in [1.29, 1.82) is 0 Å². The zero-order chi connectivity index (χ0) is 11.5. The van der Waals surface area contributed by atoms with Crippen LogP contribution < -0.4 is 10.0 Å². The van der Waals surface area contributed by atoms with Gasteiger partial charge in [0, 0.05) is 23.5 Å². The minimum absolute atomic E-state index is 0.654. The van der Waals surface area contributed by atoms with E-state index >= 15 is 0 Å². The van der Waals surface area contributed by atoms with Crippen molar-refractivity contribution in [2.75, 3.05) is 16.6 Å². The average molecular weight is 239 g/mol. The van der Waals surface area contributed by atoms with E-state index < -0.39 is 11.3 Å². The van der Waals surface area contributed by atoms with Gasteiger partial charge in [-0.2, -0.15) is 0 Å². The zero-order valence-electron chi connectivity index (χ0n) is 9.21. The van der Waals surface area contributed by atoms with Crippen LogP contribution in [0.2, 0.25) is 0 Å². The molecule has 1 aromatic carbocycles. The maximum Gasteiger partial charge on any atom is 0.0502 e. The maximum atomic E-state index is 10.6. The Bertz CT molecular complexity index is 421. The molecule has 88 valence electrons. The molecule has 0 saturated carbocycles. The smallest absolute Gasteiger partial charge is 0.0502 e. The molecule has 1 aliphatic rings. The lowest BCUT2D eigenvalue weighted by atomic mass is 10.0. The van der Waals surface area contributed by atoms with E-state index in [9.17, 15) is 8.76 Å². The zero-order valence-corrected chi connectivity index (χ0v) is 10.0. The Hall–Kier alpha value is -1.07. The van der Waals surface area contributed by atoms with Gasteiger partial charge in [0.2, 0.25) is 0 Å². The van der Waals surface area contributed by atoms with E-state index in [1.807, 2.05) is 13.0 Å². The van der Waals surface area contributed by atoms with Crippen LogP contribution in [0.4, 0.5) is 11.4 Å². The molecule has 0 radical (unpaired) electrons. The second-order valence-electron chi connectivity index (χ2n) is 4.04. The third kappa shape index (κ3) is 2.54. The van der Waals surface area contributed by atoms with Gasteiger partial charge in [0.15, 0.2) is 0 Å². The molecule has 1 aliphatic heterocycles. The van der Waals surface area contributed by atoms with Gasteiger partial charge in [-0.3, -0.25) is 4.21 Å². The summed E-state index contributed by atoms with van der Waals surface area (Å²) in [5.41, 5.74) is 3.95. The van der Waals surface area contributed by atoms with Crippen LogP contribution in [0.5, 0.6) is 0 Å². The topological polar surface area (TPSA) is 64.2 Å². The van der Waals surface area contributed by atoms with E-state index in [0.717, 1.165) is 30.6 Å². The van der Waals surface area contributed by atoms with E-state index in [0.29, 0.717) is 5.69 Å². The normalized spacial score (nSPS) is 16.9. The van der Waals surface area contributed by atoms with Gasteiger partial charge in [-0.25, -0.2) is 0 Å². The van der Waals surface area contributed by atoms with Gasteiger partial charge < -0.3 is 14.6 Å². The average Bonchev–Trinajstić information content (AvgIpc) is 2.42. The number of anilines is 2. The summed E-state index contributed by atoms with van der Waals surface area (Å²) in [6.07, 6.45) is 3.40. The van der Waals surface area contributed by atoms with Gasteiger partial charge in [-0.1, -0.05) is 6.07 Å². The van der Waals surface area contributed by atoms with Crippen molar-refractivity contribution in [1.82, 2.24) is 0 Å². The highest BCUT2D eigenvalue weighted by Crippen LogP contribution is 2.28. The van der Waals surface area contributed by atoms with Crippen molar-refractivity contribution >= 4 is 22.6 Å². The van der Waals surface area contributed by atoms with Crippen LogP contribution in [0.15, 0.2) is 12.1 Å². The monoisotopic (exact) mass is 239 g/mol. The van der Waals surface area contributed by atoms with Gasteiger partial charge >= 0.3 is 0 Å². The third-order valence-corrected chi connectivity index (χ3v) is 3.22. The van der Waals surface area contributed by atoms with Crippen LogP contribution in [-0.2, 0) is 17.7 Å². The number of nitrogens with one attached hydrogen (secondary N) is 2. The summed E-state index contributed by atoms with van der Waals surface area (Å²) in [7, 11) is 0. The first-order valence-electron chi connectivity index (χ1n) is 5.40. The highest BCUT2D eigenvalue weighted by atomic mass is 32.2. The fourth-order valence-corrected chi connectivity index (χ4v) is 2.40. The van der Waals surface area contributed by atoms with E-state index in [2.05, 4.69) is 16.1 Å². The highest BCUT2D eigenvalue weighted by molar-refractivity contribution is 7.80. The number of hydrogen-bond donors (Lipinski definition) is 2. The Labute approximate surface area is 97.9 Å². The summed E-state index contributed by atoms with van der Waals surface area (Å²) in [5, 5.41) is 3.32. The van der Waals surface area contributed by atoms with Crippen LogP contribution in [0.25, 0.3) is 0 Å². The number of aryl methyl sites for hydroxylation is 2. The predicted octanol–water partition coefficient (Wildman–Crippen LogP) is 1.95. The molecule has 4 nitrogen and oxygen atoms in total. The quantitative estimate of drug-likeness (QED) is 0.775. The van der Waals surface area contributed by atoms with Gasteiger partial charge in [0.25, 0.3) is 0 Å². The Kier molecular flexibility index (Phi) is 3.46. The molecule has 1 unspecified atom stereocenters. The molecule has 2 N–H and O–H groups in total. The molecule has 1 aromatic rings. The molecule has 0 saturated heterocycles. The molecule has 0 amide bonds. The minimum atomic E-state index is -2.26. The Morgan fingerprint density at radius 1 is 1.44 bits per heavy atom. The van der Waals surface area contributed by atoms with Crippen molar-refractivity contribution in [2.24, 2.45) is 0 Å². The summed E-state index contributed by atoms with van der Waals surface area (Å²) < 4.78 is 23.7. The fraction of sp³-hybridized carbons (Fsp3) is 0.455. The predicted molar refractivity (Wildman–Crippen MR) is 65.1 cm³/mol. The van der Waals surface area contributed by atoms with Gasteiger partial charge in [-0.15, -0.1) is 0 Å². The second kappa shape index (κ2) is 4.84. The molecule has 2 rings (SSSR count). The van der Waals surface area contributed by atoms with Gasteiger partial charge in [0.1, 0.15) is 0 Å². The largest absolute Gasteiger partial charge is 0.755 e. The minimum Gasteiger partial charge on any atom is -0.755 e. The summed E-state index contributed by atoms with van der Waals surface area (Å²) in [4.78, 5) is 0. The molecule has 0 spiro atoms. The molecule has 0 fully saturated rings. The molecule has 1 heterocycles. The van der Waals surface area contributed by atoms with Crippen molar-refractivity contribution in [3.05, 3.63) is 23.3 Å². The third-order valence-electron chi connectivity index (χ3n) is 2.83. The van der Waals surface area contributed by atoms with Crippen LogP contribution in [0.3, 0.4) is 0 Å². The van der Waals surface area contributed by atoms with Crippen molar-refractivity contribution < 1.29 is 8.76 Å². The maximum absolute atomic E-state index is 10.6. The molecular formula is C11H15N2O2S-. The van der Waals surface area contributed by atoms with Crippen LogP contribution in [0, 0.1) is 6.92 Å². The Morgan fingerprint density at radius 3 is 3.00 bits per heavy atom. The van der Waals surface area contributed by atoms with E-state index in [4.69, 9.17) is 0 Å². The number of rotatable bonds is 2. The number of hydrogen-bond acceptors (Lipinski definition) is 3. The first kappa shape index (κ1) is 11.4. The van der Waals surface area contributed by atoms with Crippen LogP contribution in [-0.4, -0.2) is 15.3 Å². The SMILES string of the molecule is Cc1cc2c(cc1NS(=O)[O-])NCCCC2. The van der Waals surface area contributed by atoms with Gasteiger partial charge in [-0.05, 0) is 43.4 Å². The molecule has 0 aromatic heterocycles. The summed E-state index contributed by atoms with van der Waals surface area (Å²) in [5.74, 6) is 0. The van der Waals surface area contributed by atoms with E-state index in [1.165, 1.54) is 12.0 Å². The Morgan fingerprint density at radius 2 is 2.25 bits per heavy atom. The highest BCUT2D eigenvalue weighted by Gasteiger charge is 2.10. The summed E-state index contributed by atoms with van der Waals surface area (Å²) >= 11 is -2.26. The first-order valence-corrected chi connectivity index (χ1v) is 6.47. The molecule has 0 bridgehead atoms. The summed E-state index contributed by atoms with van der Waals surface area (Å²) in [6, 6.07) is 3.94. The van der Waals surface area contributed by atoms with Crippen LogP contribution >= 0.6 is 0 Å². The van der Waals surface area contributed by atoms with Crippen molar-refractivity contribution in [3.8, 4) is 0 Å². The number of benzene rings is 1. The van der Waals surface area contributed by atoms with Crippen molar-refractivity contribution in [2.45, 2.75) is 26.2 Å². The molecule has 5 heteroatoms. The standard InChI is InChI=1S/C11H16N2O2S/c1-8-6-9-4-2-3-5-12-11(9)7-10(8)13-16(14)15/h6-7,12-13H,2-5H2,1H3,(H,14,15)/p-1. The second-order valence-corrected chi connectivity index (χ2v) is 4.72. The lowest BCUT2D eigenvalue weighted by Gasteiger charge is -2.15. The van der Waals surface area contributed by atoms with Crippen LogP contribution in [0.1, 0.15) is 24.0 Å². The molecular weight excluding hydrogens is 224 g/mol. The summed E-state index contributed by atoms with van der Waals surface area (Å²) in [6.45, 7) is 2.87.